The summed E-state index contributed by atoms with van der Waals surface area (Å²) < 4.78 is 0. The third-order valence-corrected chi connectivity index (χ3v) is 3.92. The molecule has 7 heteroatoms. The van der Waals surface area contributed by atoms with Crippen molar-refractivity contribution in [3.05, 3.63) is 82.5 Å². The van der Waals surface area contributed by atoms with Gasteiger partial charge in [-0.3, -0.25) is 19.9 Å². The number of nitrogens with zero attached hydrogens (tertiary/aromatic N) is 2. The van der Waals surface area contributed by atoms with Gasteiger partial charge in [-0.15, -0.1) is 0 Å². The molecule has 2 N–H and O–H groups in total. The Hall–Kier alpha value is -3.74. The van der Waals surface area contributed by atoms with Crippen LogP contribution in [0.1, 0.15) is 5.56 Å². The summed E-state index contributed by atoms with van der Waals surface area (Å²) in [5.74, 6) is -0.243. The van der Waals surface area contributed by atoms with Gasteiger partial charge < -0.3 is 10.6 Å². The average molecular weight is 362 g/mol. The van der Waals surface area contributed by atoms with Gasteiger partial charge in [0, 0.05) is 42.4 Å². The van der Waals surface area contributed by atoms with Gasteiger partial charge in [-0.25, -0.2) is 0 Å². The molecule has 0 unspecified atom stereocenters. The molecule has 0 fully saturated rings. The lowest BCUT2D eigenvalue weighted by molar-refractivity contribution is -0.384. The molecule has 0 spiro atoms. The number of anilines is 1. The highest BCUT2D eigenvalue weighted by molar-refractivity contribution is 5.95. The fraction of sp³-hybridized carbons (Fsp3) is 0.100. The molecule has 0 aliphatic rings. The van der Waals surface area contributed by atoms with Gasteiger partial charge in [0.15, 0.2) is 0 Å². The Labute approximate surface area is 155 Å². The number of aromatic nitrogens is 1. The van der Waals surface area contributed by atoms with Crippen LogP contribution in [0, 0.1) is 10.1 Å². The lowest BCUT2D eigenvalue weighted by Crippen LogP contribution is -2.27. The van der Waals surface area contributed by atoms with Crippen molar-refractivity contribution in [1.82, 2.24) is 10.3 Å². The number of pyridine rings is 1. The van der Waals surface area contributed by atoms with Crippen LogP contribution in [0.3, 0.4) is 0 Å². The second kappa shape index (κ2) is 8.57. The zero-order chi connectivity index (χ0) is 19.1. The van der Waals surface area contributed by atoms with Crippen LogP contribution < -0.4 is 10.6 Å². The molecule has 3 aromatic rings. The first-order valence-electron chi connectivity index (χ1n) is 8.42. The summed E-state index contributed by atoms with van der Waals surface area (Å²) in [5, 5.41) is 17.7. The van der Waals surface area contributed by atoms with Crippen molar-refractivity contribution in [2.24, 2.45) is 0 Å². The van der Waals surface area contributed by atoms with E-state index in [1.165, 1.54) is 12.1 Å². The van der Waals surface area contributed by atoms with E-state index in [-0.39, 0.29) is 11.6 Å². The molecule has 0 aliphatic carbocycles. The molecule has 0 bridgehead atoms. The number of nitro benzene ring substituents is 1. The molecular weight excluding hydrogens is 344 g/mol. The Morgan fingerprint density at radius 2 is 1.89 bits per heavy atom. The number of para-hydroxylation sites is 3. The molecule has 0 aliphatic heterocycles. The summed E-state index contributed by atoms with van der Waals surface area (Å²) in [6, 6.07) is 16.0. The van der Waals surface area contributed by atoms with Crippen molar-refractivity contribution < 1.29 is 9.72 Å². The molecule has 27 heavy (non-hydrogen) atoms. The number of hydrogen-bond acceptors (Lipinski definition) is 5. The van der Waals surface area contributed by atoms with Crippen LogP contribution in [-0.2, 0) is 4.79 Å². The Morgan fingerprint density at radius 3 is 2.74 bits per heavy atom. The Bertz CT molecular complexity index is 996. The SMILES string of the molecule is O=C(/C=C/c1cccc2cccnc12)NCCNc1ccccc1[N+](=O)[O-]. The topological polar surface area (TPSA) is 97.2 Å². The maximum absolute atomic E-state index is 12.0. The highest BCUT2D eigenvalue weighted by Gasteiger charge is 2.11. The summed E-state index contributed by atoms with van der Waals surface area (Å²) >= 11 is 0. The lowest BCUT2D eigenvalue weighted by Gasteiger charge is -2.07. The van der Waals surface area contributed by atoms with Crippen molar-refractivity contribution in [3.63, 3.8) is 0 Å². The second-order valence-corrected chi connectivity index (χ2v) is 5.75. The van der Waals surface area contributed by atoms with Crippen LogP contribution in [0.2, 0.25) is 0 Å². The van der Waals surface area contributed by atoms with E-state index in [2.05, 4.69) is 15.6 Å². The molecule has 0 atom stereocenters. The van der Waals surface area contributed by atoms with E-state index in [1.807, 2.05) is 30.3 Å². The van der Waals surface area contributed by atoms with Crippen LogP contribution in [0.25, 0.3) is 17.0 Å². The normalized spacial score (nSPS) is 10.8. The van der Waals surface area contributed by atoms with Gasteiger partial charge in [0.1, 0.15) is 5.69 Å². The Kier molecular flexibility index (Phi) is 5.73. The minimum Gasteiger partial charge on any atom is -0.378 e. The maximum atomic E-state index is 12.0. The van der Waals surface area contributed by atoms with Gasteiger partial charge in [-0.1, -0.05) is 36.4 Å². The molecule has 0 saturated carbocycles. The summed E-state index contributed by atoms with van der Waals surface area (Å²) in [6.45, 7) is 0.712. The van der Waals surface area contributed by atoms with Gasteiger partial charge in [0.2, 0.25) is 5.91 Å². The van der Waals surface area contributed by atoms with Gasteiger partial charge in [-0.05, 0) is 18.2 Å². The number of carbonyl (C=O) groups is 1. The Balaban J connectivity index is 1.53. The zero-order valence-corrected chi connectivity index (χ0v) is 14.5. The molecule has 0 radical (unpaired) electrons. The van der Waals surface area contributed by atoms with Crippen molar-refractivity contribution in [1.29, 1.82) is 0 Å². The Morgan fingerprint density at radius 1 is 1.07 bits per heavy atom. The first-order valence-corrected chi connectivity index (χ1v) is 8.42. The first-order chi connectivity index (χ1) is 13.1. The van der Waals surface area contributed by atoms with E-state index in [0.29, 0.717) is 18.8 Å². The van der Waals surface area contributed by atoms with E-state index in [0.717, 1.165) is 16.5 Å². The third kappa shape index (κ3) is 4.66. The standard InChI is InChI=1S/C20H18N4O3/c25-19(11-10-16-6-3-5-15-7-4-12-23-20(15)16)22-14-13-21-17-8-1-2-9-18(17)24(26)27/h1-12,21H,13-14H2,(H,22,25)/b11-10+. The first kappa shape index (κ1) is 18.1. The summed E-state index contributed by atoms with van der Waals surface area (Å²) in [5.41, 5.74) is 2.13. The van der Waals surface area contributed by atoms with Crippen molar-refractivity contribution in [3.8, 4) is 0 Å². The molecule has 3 rings (SSSR count). The van der Waals surface area contributed by atoms with Gasteiger partial charge >= 0.3 is 0 Å². The van der Waals surface area contributed by atoms with Crippen molar-refractivity contribution in [2.45, 2.75) is 0 Å². The third-order valence-electron chi connectivity index (χ3n) is 3.92. The van der Waals surface area contributed by atoms with E-state index < -0.39 is 4.92 Å². The predicted octanol–water partition coefficient (Wildman–Crippen LogP) is 3.38. The van der Waals surface area contributed by atoms with Crippen LogP contribution in [0.15, 0.2) is 66.9 Å². The van der Waals surface area contributed by atoms with Crippen LogP contribution in [-0.4, -0.2) is 28.9 Å². The predicted molar refractivity (Wildman–Crippen MR) is 105 cm³/mol. The highest BCUT2D eigenvalue weighted by Crippen LogP contribution is 2.22. The average Bonchev–Trinajstić information content (AvgIpc) is 2.69. The largest absolute Gasteiger partial charge is 0.378 e. The van der Waals surface area contributed by atoms with Gasteiger partial charge in [0.05, 0.1) is 10.4 Å². The van der Waals surface area contributed by atoms with Crippen molar-refractivity contribution in [2.75, 3.05) is 18.4 Å². The molecule has 1 amide bonds. The van der Waals surface area contributed by atoms with E-state index in [9.17, 15) is 14.9 Å². The summed E-state index contributed by atoms with van der Waals surface area (Å²) in [7, 11) is 0. The van der Waals surface area contributed by atoms with Crippen LogP contribution >= 0.6 is 0 Å². The van der Waals surface area contributed by atoms with Gasteiger partial charge in [-0.2, -0.15) is 0 Å². The molecule has 136 valence electrons. The second-order valence-electron chi connectivity index (χ2n) is 5.75. The fourth-order valence-corrected chi connectivity index (χ4v) is 2.65. The van der Waals surface area contributed by atoms with Gasteiger partial charge in [0.25, 0.3) is 5.69 Å². The number of benzene rings is 2. The number of rotatable bonds is 7. The minimum absolute atomic E-state index is 0.00665. The summed E-state index contributed by atoms with van der Waals surface area (Å²) in [4.78, 5) is 26.8. The molecule has 1 aromatic heterocycles. The number of nitro groups is 1. The van der Waals surface area contributed by atoms with Crippen LogP contribution in [0.4, 0.5) is 11.4 Å². The van der Waals surface area contributed by atoms with Crippen LogP contribution in [0.5, 0.6) is 0 Å². The smallest absolute Gasteiger partial charge is 0.292 e. The molecule has 0 saturated heterocycles. The van der Waals surface area contributed by atoms with Crippen molar-refractivity contribution >= 4 is 34.3 Å². The molecular formula is C20H18N4O3. The minimum atomic E-state index is -0.443. The number of nitrogens with one attached hydrogen (secondary N) is 2. The monoisotopic (exact) mass is 362 g/mol. The number of amides is 1. The lowest BCUT2D eigenvalue weighted by atomic mass is 10.1. The molecule has 7 nitrogen and oxygen atoms in total. The van der Waals surface area contributed by atoms with E-state index >= 15 is 0 Å². The number of fused-ring (bicyclic) bond motifs is 1. The maximum Gasteiger partial charge on any atom is 0.292 e. The highest BCUT2D eigenvalue weighted by atomic mass is 16.6. The van der Waals surface area contributed by atoms with E-state index in [1.54, 1.807) is 30.5 Å². The molecule has 2 aromatic carbocycles. The number of hydrogen-bond donors (Lipinski definition) is 2. The number of carbonyl (C=O) groups excluding carboxylic acids is 1. The zero-order valence-electron chi connectivity index (χ0n) is 14.5. The fourth-order valence-electron chi connectivity index (χ4n) is 2.65. The summed E-state index contributed by atoms with van der Waals surface area (Å²) in [6.07, 6.45) is 4.89. The molecule has 1 heterocycles. The van der Waals surface area contributed by atoms with E-state index in [4.69, 9.17) is 0 Å². The quantitative estimate of drug-likeness (QED) is 0.291.